The van der Waals surface area contributed by atoms with Crippen molar-refractivity contribution in [3.63, 3.8) is 0 Å². The van der Waals surface area contributed by atoms with Gasteiger partial charge in [0.2, 0.25) is 11.8 Å². The monoisotopic (exact) mass is 298 g/mol. The molecular weight excluding hydrogens is 280 g/mol. The van der Waals surface area contributed by atoms with Crippen LogP contribution < -0.4 is 5.32 Å². The Bertz CT molecular complexity index is 462. The maximum absolute atomic E-state index is 11.9. The fraction of sp³-hybridized carbons (Fsp3) is 0.429. The number of amides is 2. The average molecular weight is 299 g/mol. The zero-order valence-corrected chi connectivity index (χ0v) is 12.4. The minimum atomic E-state index is -0.602. The first kappa shape index (κ1) is 16.5. The van der Waals surface area contributed by atoms with Crippen LogP contribution in [-0.4, -0.2) is 41.0 Å². The van der Waals surface area contributed by atoms with Crippen molar-refractivity contribution < 1.29 is 14.7 Å². The highest BCUT2D eigenvalue weighted by Crippen LogP contribution is 2.13. The molecule has 20 heavy (non-hydrogen) atoms. The van der Waals surface area contributed by atoms with Crippen molar-refractivity contribution in [2.45, 2.75) is 26.4 Å². The van der Waals surface area contributed by atoms with Crippen LogP contribution in [0.3, 0.4) is 0 Å². The Labute approximate surface area is 123 Å². The molecule has 0 fully saturated rings. The van der Waals surface area contributed by atoms with Crippen LogP contribution >= 0.6 is 11.6 Å². The third-order valence-electron chi connectivity index (χ3n) is 2.93. The van der Waals surface area contributed by atoms with Crippen LogP contribution in [0.5, 0.6) is 0 Å². The summed E-state index contributed by atoms with van der Waals surface area (Å²) in [7, 11) is 0. The van der Waals surface area contributed by atoms with E-state index in [-0.39, 0.29) is 25.0 Å². The van der Waals surface area contributed by atoms with Gasteiger partial charge >= 0.3 is 0 Å². The van der Waals surface area contributed by atoms with E-state index >= 15 is 0 Å². The highest BCUT2D eigenvalue weighted by molar-refractivity contribution is 6.30. The lowest BCUT2D eigenvalue weighted by Gasteiger charge is -2.27. The molecule has 0 radical (unpaired) electrons. The molecule has 6 heteroatoms. The first-order chi connectivity index (χ1) is 9.45. The van der Waals surface area contributed by atoms with Crippen molar-refractivity contribution in [2.24, 2.45) is 0 Å². The molecule has 110 valence electrons. The van der Waals surface area contributed by atoms with Gasteiger partial charge < -0.3 is 15.3 Å². The van der Waals surface area contributed by atoms with Gasteiger partial charge in [-0.05, 0) is 24.6 Å². The van der Waals surface area contributed by atoms with Crippen molar-refractivity contribution in [1.29, 1.82) is 0 Å². The van der Waals surface area contributed by atoms with Gasteiger partial charge in [0.25, 0.3) is 0 Å². The zero-order valence-electron chi connectivity index (χ0n) is 11.6. The van der Waals surface area contributed by atoms with Crippen molar-refractivity contribution in [2.75, 3.05) is 13.2 Å². The molecule has 5 nitrogen and oxygen atoms in total. The fourth-order valence-electron chi connectivity index (χ4n) is 1.78. The first-order valence-corrected chi connectivity index (χ1v) is 6.73. The summed E-state index contributed by atoms with van der Waals surface area (Å²) >= 11 is 5.81. The Morgan fingerprint density at radius 2 is 1.95 bits per heavy atom. The summed E-state index contributed by atoms with van der Waals surface area (Å²) in [6.45, 7) is 3.46. The number of rotatable bonds is 6. The summed E-state index contributed by atoms with van der Waals surface area (Å²) in [5, 5.41) is 11.9. The third-order valence-corrected chi connectivity index (χ3v) is 3.18. The lowest BCUT2D eigenvalue weighted by molar-refractivity contribution is -0.139. The lowest BCUT2D eigenvalue weighted by atomic mass is 10.1. The molecule has 1 rings (SSSR count). The first-order valence-electron chi connectivity index (χ1n) is 6.36. The van der Waals surface area contributed by atoms with Crippen molar-refractivity contribution in [3.8, 4) is 0 Å². The molecule has 0 heterocycles. The molecule has 0 saturated carbocycles. The van der Waals surface area contributed by atoms with E-state index < -0.39 is 6.04 Å². The fourth-order valence-corrected chi connectivity index (χ4v) is 1.90. The van der Waals surface area contributed by atoms with Crippen molar-refractivity contribution in [3.05, 3.63) is 34.9 Å². The molecule has 2 amide bonds. The Kier molecular flexibility index (Phi) is 6.48. The van der Waals surface area contributed by atoms with Crippen LogP contribution in [0.25, 0.3) is 0 Å². The standard InChI is InChI=1S/C14H19ClN2O3/c1-10(14(20)16-7-8-18)17(11(2)19)9-12-3-5-13(15)6-4-12/h3-6,10,18H,7-9H2,1-2H3,(H,16,20). The Morgan fingerprint density at radius 3 is 2.45 bits per heavy atom. The third kappa shape index (κ3) is 4.83. The van der Waals surface area contributed by atoms with Crippen LogP contribution in [0.15, 0.2) is 24.3 Å². The second-order valence-corrected chi connectivity index (χ2v) is 4.90. The van der Waals surface area contributed by atoms with E-state index in [0.717, 1.165) is 5.56 Å². The lowest BCUT2D eigenvalue weighted by Crippen LogP contribution is -2.47. The number of nitrogens with one attached hydrogen (secondary N) is 1. The van der Waals surface area contributed by atoms with Gasteiger partial charge in [-0.3, -0.25) is 9.59 Å². The van der Waals surface area contributed by atoms with Crippen molar-refractivity contribution in [1.82, 2.24) is 10.2 Å². The number of hydrogen-bond acceptors (Lipinski definition) is 3. The number of aliphatic hydroxyl groups excluding tert-OH is 1. The maximum atomic E-state index is 11.9. The van der Waals surface area contributed by atoms with Crippen LogP contribution in [0, 0.1) is 0 Å². The molecule has 0 aliphatic heterocycles. The highest BCUT2D eigenvalue weighted by Gasteiger charge is 2.23. The van der Waals surface area contributed by atoms with E-state index in [1.54, 1.807) is 19.1 Å². The molecule has 1 atom stereocenters. The molecule has 0 saturated heterocycles. The normalized spacial score (nSPS) is 11.8. The number of carbonyl (C=O) groups excluding carboxylic acids is 2. The second kappa shape index (κ2) is 7.87. The molecule has 0 bridgehead atoms. The van der Waals surface area contributed by atoms with Gasteiger partial charge in [0.15, 0.2) is 0 Å². The molecule has 1 unspecified atom stereocenters. The Balaban J connectivity index is 2.75. The topological polar surface area (TPSA) is 69.6 Å². The number of benzene rings is 1. The van der Waals surface area contributed by atoms with Gasteiger partial charge in [0.05, 0.1) is 6.61 Å². The van der Waals surface area contributed by atoms with Crippen LogP contribution in [0.1, 0.15) is 19.4 Å². The smallest absolute Gasteiger partial charge is 0.242 e. The number of nitrogens with zero attached hydrogens (tertiary/aromatic N) is 1. The van der Waals surface area contributed by atoms with Crippen LogP contribution in [0.2, 0.25) is 5.02 Å². The zero-order chi connectivity index (χ0) is 15.1. The molecule has 1 aromatic rings. The Hall–Kier alpha value is -1.59. The minimum Gasteiger partial charge on any atom is -0.395 e. The Morgan fingerprint density at radius 1 is 1.35 bits per heavy atom. The number of carbonyl (C=O) groups is 2. The largest absolute Gasteiger partial charge is 0.395 e. The van der Waals surface area contributed by atoms with E-state index in [4.69, 9.17) is 16.7 Å². The molecule has 1 aromatic carbocycles. The summed E-state index contributed by atoms with van der Waals surface area (Å²) in [6.07, 6.45) is 0. The van der Waals surface area contributed by atoms with Crippen molar-refractivity contribution >= 4 is 23.4 Å². The average Bonchev–Trinajstić information content (AvgIpc) is 2.43. The SMILES string of the molecule is CC(=O)N(Cc1ccc(Cl)cc1)C(C)C(=O)NCCO. The number of aliphatic hydroxyl groups is 1. The molecule has 0 aromatic heterocycles. The quantitative estimate of drug-likeness (QED) is 0.829. The van der Waals surface area contributed by atoms with Gasteiger partial charge in [-0.15, -0.1) is 0 Å². The highest BCUT2D eigenvalue weighted by atomic mass is 35.5. The summed E-state index contributed by atoms with van der Waals surface area (Å²) < 4.78 is 0. The summed E-state index contributed by atoms with van der Waals surface area (Å²) in [5.74, 6) is -0.477. The van der Waals surface area contributed by atoms with Gasteiger partial charge in [0.1, 0.15) is 6.04 Å². The van der Waals surface area contributed by atoms with E-state index in [9.17, 15) is 9.59 Å². The van der Waals surface area contributed by atoms with Crippen LogP contribution in [0.4, 0.5) is 0 Å². The van der Waals surface area contributed by atoms with Crippen LogP contribution in [-0.2, 0) is 16.1 Å². The minimum absolute atomic E-state index is 0.129. The summed E-state index contributed by atoms with van der Waals surface area (Å²) in [4.78, 5) is 25.0. The number of halogens is 1. The molecule has 0 aliphatic carbocycles. The molecule has 2 N–H and O–H groups in total. The maximum Gasteiger partial charge on any atom is 0.242 e. The van der Waals surface area contributed by atoms with Gasteiger partial charge in [-0.2, -0.15) is 0 Å². The molecular formula is C14H19ClN2O3. The van der Waals surface area contributed by atoms with Gasteiger partial charge in [-0.25, -0.2) is 0 Å². The van der Waals surface area contributed by atoms with Gasteiger partial charge in [0, 0.05) is 25.0 Å². The predicted molar refractivity (Wildman–Crippen MR) is 77.2 cm³/mol. The molecule has 0 spiro atoms. The number of hydrogen-bond donors (Lipinski definition) is 2. The van der Waals surface area contributed by atoms with Gasteiger partial charge in [-0.1, -0.05) is 23.7 Å². The second-order valence-electron chi connectivity index (χ2n) is 4.46. The summed E-state index contributed by atoms with van der Waals surface area (Å²) in [5.41, 5.74) is 0.895. The molecule has 0 aliphatic rings. The van der Waals surface area contributed by atoms with E-state index in [1.165, 1.54) is 11.8 Å². The van der Waals surface area contributed by atoms with E-state index in [0.29, 0.717) is 11.6 Å². The van der Waals surface area contributed by atoms with E-state index in [2.05, 4.69) is 5.32 Å². The predicted octanol–water partition coefficient (Wildman–Crippen LogP) is 1.19. The van der Waals surface area contributed by atoms with E-state index in [1.807, 2.05) is 12.1 Å². The summed E-state index contributed by atoms with van der Waals surface area (Å²) in [6, 6.07) is 6.51.